The second kappa shape index (κ2) is 11.3. The summed E-state index contributed by atoms with van der Waals surface area (Å²) in [4.78, 5) is 39.1. The van der Waals surface area contributed by atoms with Crippen molar-refractivity contribution < 1.29 is 23.9 Å². The minimum Gasteiger partial charge on any atom is -0.490 e. The number of urea groups is 1. The van der Waals surface area contributed by atoms with E-state index >= 15 is 0 Å². The fourth-order valence-electron chi connectivity index (χ4n) is 3.51. The summed E-state index contributed by atoms with van der Waals surface area (Å²) in [5, 5.41) is 3.14. The number of carbonyl (C=O) groups is 3. The fraction of sp³-hybridized carbons (Fsp3) is 0.115. The van der Waals surface area contributed by atoms with Crippen molar-refractivity contribution in [3.05, 3.63) is 91.0 Å². The van der Waals surface area contributed by atoms with Crippen LogP contribution in [-0.4, -0.2) is 24.5 Å². The van der Waals surface area contributed by atoms with Crippen molar-refractivity contribution in [2.45, 2.75) is 13.5 Å². The molecular weight excluding hydrogens is 618 g/mol. The molecule has 1 saturated heterocycles. The van der Waals surface area contributed by atoms with Crippen molar-refractivity contribution in [2.75, 3.05) is 11.5 Å². The number of halogens is 3. The number of imide groups is 2. The molecule has 3 aromatic rings. The second-order valence-electron chi connectivity index (χ2n) is 7.58. The van der Waals surface area contributed by atoms with E-state index in [1.807, 2.05) is 25.1 Å². The molecule has 0 aliphatic carbocycles. The molecule has 0 atom stereocenters. The summed E-state index contributed by atoms with van der Waals surface area (Å²) in [6.07, 6.45) is 1.41. The van der Waals surface area contributed by atoms with Crippen LogP contribution in [0, 0.1) is 3.57 Å². The third kappa shape index (κ3) is 5.66. The zero-order valence-electron chi connectivity index (χ0n) is 18.9. The largest absolute Gasteiger partial charge is 0.490 e. The molecule has 1 N–H and O–H groups in total. The lowest BCUT2D eigenvalue weighted by molar-refractivity contribution is -0.122. The zero-order valence-corrected chi connectivity index (χ0v) is 22.6. The van der Waals surface area contributed by atoms with Crippen molar-refractivity contribution in [2.24, 2.45) is 0 Å². The Bertz CT molecular complexity index is 1390. The van der Waals surface area contributed by atoms with Crippen molar-refractivity contribution in [3.8, 4) is 11.5 Å². The Morgan fingerprint density at radius 1 is 1.00 bits per heavy atom. The summed E-state index contributed by atoms with van der Waals surface area (Å²) in [6, 6.07) is 16.2. The highest BCUT2D eigenvalue weighted by atomic mass is 127. The van der Waals surface area contributed by atoms with Gasteiger partial charge in [-0.15, -0.1) is 0 Å². The average molecular weight is 637 g/mol. The first kappa shape index (κ1) is 26.0. The molecular formula is C26H19Cl2IN2O5. The van der Waals surface area contributed by atoms with Crippen LogP contribution < -0.4 is 19.7 Å². The van der Waals surface area contributed by atoms with E-state index < -0.39 is 17.8 Å². The maximum Gasteiger partial charge on any atom is 0.335 e. The first-order chi connectivity index (χ1) is 17.3. The number of barbiturate groups is 1. The Hall–Kier alpha value is -3.08. The molecule has 36 heavy (non-hydrogen) atoms. The van der Waals surface area contributed by atoms with Crippen LogP contribution in [0.15, 0.2) is 66.2 Å². The van der Waals surface area contributed by atoms with Crippen molar-refractivity contribution in [3.63, 3.8) is 0 Å². The molecule has 1 aliphatic rings. The molecule has 1 aliphatic heterocycles. The van der Waals surface area contributed by atoms with Crippen molar-refractivity contribution in [1.82, 2.24) is 5.32 Å². The number of nitrogens with one attached hydrogen (secondary N) is 1. The van der Waals surface area contributed by atoms with Gasteiger partial charge in [-0.25, -0.2) is 9.69 Å². The van der Waals surface area contributed by atoms with Gasteiger partial charge in [0.25, 0.3) is 11.8 Å². The van der Waals surface area contributed by atoms with Crippen LogP contribution in [-0.2, 0) is 16.2 Å². The number of hydrogen-bond donors (Lipinski definition) is 1. The Kier molecular flexibility index (Phi) is 8.17. The van der Waals surface area contributed by atoms with Gasteiger partial charge in [-0.05, 0) is 77.6 Å². The van der Waals surface area contributed by atoms with E-state index in [4.69, 9.17) is 32.7 Å². The maximum atomic E-state index is 13.2. The molecule has 3 aromatic carbocycles. The number of amides is 4. The number of benzene rings is 3. The van der Waals surface area contributed by atoms with Crippen LogP contribution in [0.2, 0.25) is 10.0 Å². The Morgan fingerprint density at radius 3 is 2.50 bits per heavy atom. The van der Waals surface area contributed by atoms with E-state index in [1.54, 1.807) is 36.4 Å². The standard InChI is InChI=1S/C26H19Cl2IN2O5/c1-2-35-22-12-15(11-21(29)23(22)36-14-16-6-3-4-9-20(16)28)10-19-24(32)30-26(34)31(25(19)33)18-8-5-7-17(27)13-18/h3-13H,2,14H2,1H3,(H,30,32,34)/b19-10+. The van der Waals surface area contributed by atoms with Gasteiger partial charge in [0, 0.05) is 15.6 Å². The van der Waals surface area contributed by atoms with E-state index in [0.717, 1.165) is 10.5 Å². The maximum absolute atomic E-state index is 13.2. The van der Waals surface area contributed by atoms with Gasteiger partial charge in [-0.1, -0.05) is 47.5 Å². The zero-order chi connectivity index (χ0) is 25.8. The smallest absolute Gasteiger partial charge is 0.335 e. The molecule has 4 rings (SSSR count). The third-order valence-electron chi connectivity index (χ3n) is 5.14. The SMILES string of the molecule is CCOc1cc(/C=C2\C(=O)NC(=O)N(c3cccc(Cl)c3)C2=O)cc(I)c1OCc1ccccc1Cl. The lowest BCUT2D eigenvalue weighted by Gasteiger charge is -2.26. The molecule has 1 heterocycles. The highest BCUT2D eigenvalue weighted by Crippen LogP contribution is 2.36. The van der Waals surface area contributed by atoms with Crippen LogP contribution in [0.25, 0.3) is 6.08 Å². The van der Waals surface area contributed by atoms with Gasteiger partial charge >= 0.3 is 6.03 Å². The van der Waals surface area contributed by atoms with E-state index in [2.05, 4.69) is 27.9 Å². The van der Waals surface area contributed by atoms with Gasteiger partial charge in [0.05, 0.1) is 15.9 Å². The quantitative estimate of drug-likeness (QED) is 0.189. The summed E-state index contributed by atoms with van der Waals surface area (Å²) in [6.45, 7) is 2.44. The summed E-state index contributed by atoms with van der Waals surface area (Å²) < 4.78 is 12.5. The highest BCUT2D eigenvalue weighted by Gasteiger charge is 2.37. The number of ether oxygens (including phenoxy) is 2. The molecule has 0 unspecified atom stereocenters. The third-order valence-corrected chi connectivity index (χ3v) is 6.55. The van der Waals surface area contributed by atoms with Gasteiger partial charge in [-0.2, -0.15) is 0 Å². The molecule has 0 spiro atoms. The van der Waals surface area contributed by atoms with Gasteiger partial charge in [0.15, 0.2) is 11.5 Å². The lowest BCUT2D eigenvalue weighted by atomic mass is 10.1. The normalized spacial score (nSPS) is 14.7. The number of carbonyl (C=O) groups excluding carboxylic acids is 3. The van der Waals surface area contributed by atoms with Gasteiger partial charge in [0.2, 0.25) is 0 Å². The predicted molar refractivity (Wildman–Crippen MR) is 147 cm³/mol. The molecule has 0 radical (unpaired) electrons. The van der Waals surface area contributed by atoms with E-state index in [1.165, 1.54) is 12.1 Å². The topological polar surface area (TPSA) is 84.9 Å². The number of hydrogen-bond acceptors (Lipinski definition) is 5. The van der Waals surface area contributed by atoms with E-state index in [9.17, 15) is 14.4 Å². The Balaban J connectivity index is 1.67. The lowest BCUT2D eigenvalue weighted by Crippen LogP contribution is -2.54. The first-order valence-corrected chi connectivity index (χ1v) is 12.6. The summed E-state index contributed by atoms with van der Waals surface area (Å²) in [7, 11) is 0. The van der Waals surface area contributed by atoms with Crippen LogP contribution in [0.5, 0.6) is 11.5 Å². The van der Waals surface area contributed by atoms with Gasteiger partial charge < -0.3 is 9.47 Å². The molecule has 4 amide bonds. The van der Waals surface area contributed by atoms with Gasteiger partial charge in [0.1, 0.15) is 12.2 Å². The average Bonchev–Trinajstić information content (AvgIpc) is 2.82. The van der Waals surface area contributed by atoms with Crippen LogP contribution in [0.4, 0.5) is 10.5 Å². The minimum absolute atomic E-state index is 0.211. The molecule has 7 nitrogen and oxygen atoms in total. The molecule has 0 aromatic heterocycles. The fourth-order valence-corrected chi connectivity index (χ4v) is 4.67. The van der Waals surface area contributed by atoms with Crippen molar-refractivity contribution >= 4 is 75.4 Å². The number of anilines is 1. The molecule has 184 valence electrons. The Labute approximate surface area is 231 Å². The first-order valence-electron chi connectivity index (χ1n) is 10.8. The predicted octanol–water partition coefficient (Wildman–Crippen LogP) is 6.24. The summed E-state index contributed by atoms with van der Waals surface area (Å²) in [5.41, 5.74) is 1.37. The summed E-state index contributed by atoms with van der Waals surface area (Å²) in [5.74, 6) is -0.613. The molecule has 0 saturated carbocycles. The number of nitrogens with zero attached hydrogens (tertiary/aromatic N) is 1. The van der Waals surface area contributed by atoms with E-state index in [0.29, 0.717) is 37.3 Å². The monoisotopic (exact) mass is 636 g/mol. The highest BCUT2D eigenvalue weighted by molar-refractivity contribution is 14.1. The molecule has 10 heteroatoms. The number of rotatable bonds is 7. The molecule has 0 bridgehead atoms. The van der Waals surface area contributed by atoms with Crippen LogP contribution in [0.1, 0.15) is 18.1 Å². The molecule has 1 fully saturated rings. The van der Waals surface area contributed by atoms with Gasteiger partial charge in [-0.3, -0.25) is 14.9 Å². The Morgan fingerprint density at radius 2 is 1.78 bits per heavy atom. The summed E-state index contributed by atoms with van der Waals surface area (Å²) >= 11 is 14.4. The second-order valence-corrected chi connectivity index (χ2v) is 9.59. The van der Waals surface area contributed by atoms with E-state index in [-0.39, 0.29) is 17.9 Å². The van der Waals surface area contributed by atoms with Crippen LogP contribution in [0.3, 0.4) is 0 Å². The van der Waals surface area contributed by atoms with Crippen LogP contribution >= 0.6 is 45.8 Å². The van der Waals surface area contributed by atoms with Crippen molar-refractivity contribution in [1.29, 1.82) is 0 Å². The minimum atomic E-state index is -0.850.